The summed E-state index contributed by atoms with van der Waals surface area (Å²) in [6.45, 7) is 2.51. The van der Waals surface area contributed by atoms with E-state index in [0.717, 1.165) is 36.6 Å². The summed E-state index contributed by atoms with van der Waals surface area (Å²) in [4.78, 5) is 16.3. The van der Waals surface area contributed by atoms with Crippen LogP contribution in [0.3, 0.4) is 0 Å². The number of hydrogen-bond acceptors (Lipinski definition) is 4. The third-order valence-corrected chi connectivity index (χ3v) is 4.17. The molecule has 1 aromatic carbocycles. The minimum absolute atomic E-state index is 0.0591. The fourth-order valence-corrected chi connectivity index (χ4v) is 2.82. The predicted octanol–water partition coefficient (Wildman–Crippen LogP) is 2.99. The minimum Gasteiger partial charge on any atom is -0.487 e. The minimum atomic E-state index is 0.0591. The van der Waals surface area contributed by atoms with Gasteiger partial charge in [-0.1, -0.05) is 12.1 Å². The van der Waals surface area contributed by atoms with Gasteiger partial charge in [0, 0.05) is 24.4 Å². The van der Waals surface area contributed by atoms with Gasteiger partial charge in [0.05, 0.1) is 5.69 Å². The number of anilines is 1. The zero-order valence-electron chi connectivity index (χ0n) is 13.7. The molecule has 0 bridgehead atoms. The lowest BCUT2D eigenvalue weighted by Gasteiger charge is -2.10. The van der Waals surface area contributed by atoms with Gasteiger partial charge < -0.3 is 15.4 Å². The Labute approximate surface area is 142 Å². The van der Waals surface area contributed by atoms with Crippen LogP contribution < -0.4 is 15.4 Å². The number of carbonyl (C=O) groups excluding carboxylic acids is 1. The number of rotatable bonds is 7. The molecule has 126 valence electrons. The van der Waals surface area contributed by atoms with Crippen LogP contribution in [-0.2, 0) is 11.4 Å². The first-order chi connectivity index (χ1) is 11.8. The topological polar surface area (TPSA) is 63.2 Å². The van der Waals surface area contributed by atoms with Gasteiger partial charge in [-0.15, -0.1) is 0 Å². The van der Waals surface area contributed by atoms with Crippen LogP contribution in [0.1, 0.15) is 25.0 Å². The number of nitrogens with one attached hydrogen (secondary N) is 2. The van der Waals surface area contributed by atoms with Crippen molar-refractivity contribution in [3.8, 4) is 5.75 Å². The molecule has 1 amide bonds. The molecule has 2 N–H and O–H groups in total. The van der Waals surface area contributed by atoms with Crippen LogP contribution in [0.2, 0.25) is 0 Å². The van der Waals surface area contributed by atoms with E-state index < -0.39 is 0 Å². The third-order valence-electron chi connectivity index (χ3n) is 4.17. The molecular weight excluding hydrogens is 302 g/mol. The fourth-order valence-electron chi connectivity index (χ4n) is 2.82. The molecule has 0 radical (unpaired) electrons. The van der Waals surface area contributed by atoms with Crippen LogP contribution in [0.4, 0.5) is 5.69 Å². The van der Waals surface area contributed by atoms with Crippen molar-refractivity contribution in [3.05, 3.63) is 54.4 Å². The molecular formula is C19H23N3O2. The van der Waals surface area contributed by atoms with Gasteiger partial charge in [0.25, 0.3) is 0 Å². The highest BCUT2D eigenvalue weighted by atomic mass is 16.5. The molecule has 1 aliphatic heterocycles. The molecule has 2 heterocycles. The largest absolute Gasteiger partial charge is 0.487 e. The SMILES string of the molecule is O=C(CCC1CCNC1)Nc1cccc(OCc2ccccn2)c1. The highest BCUT2D eigenvalue weighted by Gasteiger charge is 2.15. The zero-order valence-corrected chi connectivity index (χ0v) is 13.7. The van der Waals surface area contributed by atoms with Crippen molar-refractivity contribution in [1.82, 2.24) is 10.3 Å². The van der Waals surface area contributed by atoms with Crippen LogP contribution >= 0.6 is 0 Å². The number of hydrogen-bond donors (Lipinski definition) is 2. The molecule has 1 aliphatic rings. The van der Waals surface area contributed by atoms with Gasteiger partial charge >= 0.3 is 0 Å². The lowest BCUT2D eigenvalue weighted by Crippen LogP contribution is -2.15. The van der Waals surface area contributed by atoms with Gasteiger partial charge in [-0.2, -0.15) is 0 Å². The van der Waals surface area contributed by atoms with Gasteiger partial charge in [-0.3, -0.25) is 9.78 Å². The van der Waals surface area contributed by atoms with E-state index in [1.165, 1.54) is 6.42 Å². The lowest BCUT2D eigenvalue weighted by atomic mass is 10.0. The highest BCUT2D eigenvalue weighted by Crippen LogP contribution is 2.20. The quantitative estimate of drug-likeness (QED) is 0.821. The Morgan fingerprint density at radius 1 is 1.29 bits per heavy atom. The van der Waals surface area contributed by atoms with Crippen molar-refractivity contribution in [2.45, 2.75) is 25.9 Å². The fraction of sp³-hybridized carbons (Fsp3) is 0.368. The maximum Gasteiger partial charge on any atom is 0.224 e. The number of pyridine rings is 1. The first-order valence-corrected chi connectivity index (χ1v) is 8.43. The maximum atomic E-state index is 12.1. The molecule has 1 aromatic heterocycles. The van der Waals surface area contributed by atoms with E-state index in [1.54, 1.807) is 6.20 Å². The van der Waals surface area contributed by atoms with Crippen molar-refractivity contribution in [2.75, 3.05) is 18.4 Å². The summed E-state index contributed by atoms with van der Waals surface area (Å²) < 4.78 is 5.73. The summed E-state index contributed by atoms with van der Waals surface area (Å²) >= 11 is 0. The Bertz CT molecular complexity index is 655. The van der Waals surface area contributed by atoms with Gasteiger partial charge in [-0.05, 0) is 56.1 Å². The van der Waals surface area contributed by atoms with E-state index in [1.807, 2.05) is 42.5 Å². The zero-order chi connectivity index (χ0) is 16.6. The summed E-state index contributed by atoms with van der Waals surface area (Å²) in [5, 5.41) is 6.28. The van der Waals surface area contributed by atoms with E-state index >= 15 is 0 Å². The lowest BCUT2D eigenvalue weighted by molar-refractivity contribution is -0.116. The van der Waals surface area contributed by atoms with E-state index in [9.17, 15) is 4.79 Å². The number of nitrogens with zero attached hydrogens (tertiary/aromatic N) is 1. The molecule has 3 rings (SSSR count). The molecule has 1 fully saturated rings. The molecule has 1 atom stereocenters. The highest BCUT2D eigenvalue weighted by molar-refractivity contribution is 5.90. The Hall–Kier alpha value is -2.40. The summed E-state index contributed by atoms with van der Waals surface area (Å²) in [6, 6.07) is 13.2. The Morgan fingerprint density at radius 2 is 2.25 bits per heavy atom. The number of ether oxygens (including phenoxy) is 1. The van der Waals surface area contributed by atoms with Crippen LogP contribution in [0.5, 0.6) is 5.75 Å². The average molecular weight is 325 g/mol. The van der Waals surface area contributed by atoms with Crippen LogP contribution in [0, 0.1) is 5.92 Å². The first kappa shape index (κ1) is 16.5. The maximum absolute atomic E-state index is 12.1. The molecule has 5 nitrogen and oxygen atoms in total. The van der Waals surface area contributed by atoms with Gasteiger partial charge in [-0.25, -0.2) is 0 Å². The number of amides is 1. The van der Waals surface area contributed by atoms with Crippen LogP contribution in [-0.4, -0.2) is 24.0 Å². The van der Waals surface area contributed by atoms with Crippen molar-refractivity contribution in [2.24, 2.45) is 5.92 Å². The van der Waals surface area contributed by atoms with E-state index in [4.69, 9.17) is 4.74 Å². The molecule has 0 aliphatic carbocycles. The summed E-state index contributed by atoms with van der Waals surface area (Å²) in [5.74, 6) is 1.41. The number of aromatic nitrogens is 1. The first-order valence-electron chi connectivity index (χ1n) is 8.43. The molecule has 2 aromatic rings. The van der Waals surface area contributed by atoms with E-state index in [0.29, 0.717) is 18.9 Å². The van der Waals surface area contributed by atoms with Crippen molar-refractivity contribution >= 4 is 11.6 Å². The Morgan fingerprint density at radius 3 is 3.04 bits per heavy atom. The Balaban J connectivity index is 1.48. The summed E-state index contributed by atoms with van der Waals surface area (Å²) in [5.41, 5.74) is 1.64. The molecule has 0 spiro atoms. The smallest absolute Gasteiger partial charge is 0.224 e. The van der Waals surface area contributed by atoms with Crippen molar-refractivity contribution in [3.63, 3.8) is 0 Å². The second kappa shape index (κ2) is 8.45. The van der Waals surface area contributed by atoms with Gasteiger partial charge in [0.15, 0.2) is 0 Å². The van der Waals surface area contributed by atoms with Crippen molar-refractivity contribution < 1.29 is 9.53 Å². The second-order valence-electron chi connectivity index (χ2n) is 6.08. The normalized spacial score (nSPS) is 16.8. The monoisotopic (exact) mass is 325 g/mol. The Kier molecular flexibility index (Phi) is 5.80. The molecule has 24 heavy (non-hydrogen) atoms. The molecule has 1 saturated heterocycles. The molecule has 0 saturated carbocycles. The summed E-state index contributed by atoms with van der Waals surface area (Å²) in [7, 11) is 0. The number of carbonyl (C=O) groups is 1. The van der Waals surface area contributed by atoms with E-state index in [2.05, 4.69) is 15.6 Å². The molecule has 1 unspecified atom stereocenters. The number of benzene rings is 1. The predicted molar refractivity (Wildman–Crippen MR) is 93.9 cm³/mol. The van der Waals surface area contributed by atoms with Crippen molar-refractivity contribution in [1.29, 1.82) is 0 Å². The second-order valence-corrected chi connectivity index (χ2v) is 6.08. The third kappa shape index (κ3) is 5.06. The van der Waals surface area contributed by atoms with E-state index in [-0.39, 0.29) is 5.91 Å². The molecule has 5 heteroatoms. The van der Waals surface area contributed by atoms with Gasteiger partial charge in [0.1, 0.15) is 12.4 Å². The van der Waals surface area contributed by atoms with Gasteiger partial charge in [0.2, 0.25) is 5.91 Å². The van der Waals surface area contributed by atoms with Crippen LogP contribution in [0.15, 0.2) is 48.7 Å². The van der Waals surface area contributed by atoms with Crippen LogP contribution in [0.25, 0.3) is 0 Å². The standard InChI is InChI=1S/C19H23N3O2/c23-19(8-7-15-9-11-20-13-15)22-16-5-3-6-18(12-16)24-14-17-4-1-2-10-21-17/h1-6,10,12,15,20H,7-9,11,13-14H2,(H,22,23). The average Bonchev–Trinajstić information content (AvgIpc) is 3.13. The summed E-state index contributed by atoms with van der Waals surface area (Å²) in [6.07, 6.45) is 4.42.